The lowest BCUT2D eigenvalue weighted by molar-refractivity contribution is 0.0649. The fourth-order valence-corrected chi connectivity index (χ4v) is 5.39. The van der Waals surface area contributed by atoms with Crippen LogP contribution in [0.5, 0.6) is 0 Å². The summed E-state index contributed by atoms with van der Waals surface area (Å²) in [6.45, 7) is 4.66. The van der Waals surface area contributed by atoms with E-state index in [1.54, 1.807) is 4.31 Å². The first-order valence-corrected chi connectivity index (χ1v) is 11.6. The number of nitrogens with one attached hydrogen (secondary N) is 1. The van der Waals surface area contributed by atoms with Gasteiger partial charge in [-0.15, -0.1) is 0 Å². The van der Waals surface area contributed by atoms with Crippen LogP contribution in [0.25, 0.3) is 0 Å². The van der Waals surface area contributed by atoms with Gasteiger partial charge in [0.25, 0.3) is 5.91 Å². The molecule has 1 aliphatic carbocycles. The van der Waals surface area contributed by atoms with Gasteiger partial charge in [-0.3, -0.25) is 4.79 Å². The number of benzene rings is 1. The zero-order valence-corrected chi connectivity index (χ0v) is 17.0. The van der Waals surface area contributed by atoms with E-state index in [0.29, 0.717) is 31.7 Å². The standard InChI is InChI=1S/C20H31N3O3S/c1-17-7-9-18(10-8-17)20(24)23(19-5-3-2-4-6-19)15-16-27(25,26)22-13-11-21-12-14-22/h7-10,19,21H,2-6,11-16H2,1H3. The summed E-state index contributed by atoms with van der Waals surface area (Å²) in [6, 6.07) is 7.70. The minimum Gasteiger partial charge on any atom is -0.335 e. The van der Waals surface area contributed by atoms with Crippen LogP contribution in [0.4, 0.5) is 0 Å². The smallest absolute Gasteiger partial charge is 0.254 e. The highest BCUT2D eigenvalue weighted by Crippen LogP contribution is 2.24. The third-order valence-electron chi connectivity index (χ3n) is 5.63. The molecule has 1 heterocycles. The molecule has 150 valence electrons. The van der Waals surface area contributed by atoms with Crippen LogP contribution in [0.1, 0.15) is 48.0 Å². The first-order chi connectivity index (χ1) is 13.0. The van der Waals surface area contributed by atoms with Crippen molar-refractivity contribution in [1.29, 1.82) is 0 Å². The van der Waals surface area contributed by atoms with Crippen molar-refractivity contribution in [2.45, 2.75) is 45.1 Å². The topological polar surface area (TPSA) is 69.7 Å². The van der Waals surface area contributed by atoms with E-state index in [9.17, 15) is 13.2 Å². The van der Waals surface area contributed by atoms with Crippen molar-refractivity contribution in [3.63, 3.8) is 0 Å². The van der Waals surface area contributed by atoms with Crippen LogP contribution >= 0.6 is 0 Å². The number of carbonyl (C=O) groups is 1. The highest BCUT2D eigenvalue weighted by molar-refractivity contribution is 7.89. The summed E-state index contributed by atoms with van der Waals surface area (Å²) >= 11 is 0. The molecule has 2 aliphatic rings. The fourth-order valence-electron chi connectivity index (χ4n) is 3.97. The molecule has 7 heteroatoms. The number of hydrogen-bond acceptors (Lipinski definition) is 4. The Bertz CT molecular complexity index is 721. The minimum atomic E-state index is -3.34. The van der Waals surface area contributed by atoms with Crippen molar-refractivity contribution >= 4 is 15.9 Å². The normalized spacial score (nSPS) is 19.7. The van der Waals surface area contributed by atoms with Crippen molar-refractivity contribution < 1.29 is 13.2 Å². The first-order valence-electron chi connectivity index (χ1n) is 10.0. The maximum atomic E-state index is 13.2. The maximum Gasteiger partial charge on any atom is 0.254 e. The predicted octanol–water partition coefficient (Wildman–Crippen LogP) is 2.00. The van der Waals surface area contributed by atoms with E-state index >= 15 is 0 Å². The van der Waals surface area contributed by atoms with Crippen LogP contribution in [0.15, 0.2) is 24.3 Å². The second-order valence-corrected chi connectivity index (χ2v) is 9.71. The van der Waals surface area contributed by atoms with Crippen LogP contribution in [-0.4, -0.2) is 68.0 Å². The molecule has 1 amide bonds. The number of hydrogen-bond donors (Lipinski definition) is 1. The Morgan fingerprint density at radius 1 is 1.11 bits per heavy atom. The van der Waals surface area contributed by atoms with E-state index in [4.69, 9.17) is 0 Å². The number of rotatable bonds is 6. The van der Waals surface area contributed by atoms with E-state index in [-0.39, 0.29) is 24.2 Å². The van der Waals surface area contributed by atoms with Gasteiger partial charge in [0.05, 0.1) is 5.75 Å². The first kappa shape index (κ1) is 20.3. The summed E-state index contributed by atoms with van der Waals surface area (Å²) < 4.78 is 27.0. The summed E-state index contributed by atoms with van der Waals surface area (Å²) in [6.07, 6.45) is 5.33. The van der Waals surface area contributed by atoms with Gasteiger partial charge in [-0.2, -0.15) is 4.31 Å². The van der Waals surface area contributed by atoms with Gasteiger partial charge in [0, 0.05) is 44.3 Å². The summed E-state index contributed by atoms with van der Waals surface area (Å²) in [7, 11) is -3.34. The number of amides is 1. The van der Waals surface area contributed by atoms with Gasteiger partial charge >= 0.3 is 0 Å². The summed E-state index contributed by atoms with van der Waals surface area (Å²) in [5.41, 5.74) is 1.75. The van der Waals surface area contributed by atoms with Crippen molar-refractivity contribution in [2.24, 2.45) is 0 Å². The number of carbonyl (C=O) groups excluding carboxylic acids is 1. The third kappa shape index (κ3) is 5.30. The average molecular weight is 394 g/mol. The molecule has 27 heavy (non-hydrogen) atoms. The zero-order chi connectivity index (χ0) is 19.3. The molecular formula is C20H31N3O3S. The Balaban J connectivity index is 1.73. The summed E-state index contributed by atoms with van der Waals surface area (Å²) in [5.74, 6) is -0.0430. The van der Waals surface area contributed by atoms with Gasteiger partial charge in [0.15, 0.2) is 0 Å². The Hall–Kier alpha value is -1.44. The number of piperazine rings is 1. The predicted molar refractivity (Wildman–Crippen MR) is 107 cm³/mol. The molecular weight excluding hydrogens is 362 g/mol. The van der Waals surface area contributed by atoms with Crippen molar-refractivity contribution in [1.82, 2.24) is 14.5 Å². The van der Waals surface area contributed by atoms with Crippen LogP contribution < -0.4 is 5.32 Å². The molecule has 0 unspecified atom stereocenters. The average Bonchev–Trinajstić information content (AvgIpc) is 2.70. The van der Waals surface area contributed by atoms with E-state index in [1.165, 1.54) is 6.42 Å². The van der Waals surface area contributed by atoms with Gasteiger partial charge in [-0.25, -0.2) is 8.42 Å². The highest BCUT2D eigenvalue weighted by atomic mass is 32.2. The molecule has 0 atom stereocenters. The van der Waals surface area contributed by atoms with Gasteiger partial charge in [-0.05, 0) is 31.9 Å². The van der Waals surface area contributed by atoms with E-state index in [0.717, 1.165) is 31.2 Å². The minimum absolute atomic E-state index is 0.00109. The molecule has 0 bridgehead atoms. The largest absolute Gasteiger partial charge is 0.335 e. The lowest BCUT2D eigenvalue weighted by atomic mass is 9.93. The van der Waals surface area contributed by atoms with Crippen molar-refractivity contribution in [3.8, 4) is 0 Å². The number of nitrogens with zero attached hydrogens (tertiary/aromatic N) is 2. The molecule has 1 saturated heterocycles. The molecule has 2 fully saturated rings. The fraction of sp³-hybridized carbons (Fsp3) is 0.650. The van der Waals surface area contributed by atoms with Gasteiger partial charge < -0.3 is 10.2 Å². The van der Waals surface area contributed by atoms with Crippen LogP contribution in [0, 0.1) is 6.92 Å². The quantitative estimate of drug-likeness (QED) is 0.803. The summed E-state index contributed by atoms with van der Waals surface area (Å²) in [4.78, 5) is 15.0. The second-order valence-electron chi connectivity index (χ2n) is 7.62. The molecule has 1 aromatic rings. The Morgan fingerprint density at radius 2 is 1.74 bits per heavy atom. The van der Waals surface area contributed by atoms with E-state index in [1.807, 2.05) is 36.1 Å². The van der Waals surface area contributed by atoms with Gasteiger partial charge in [-0.1, -0.05) is 37.0 Å². The van der Waals surface area contributed by atoms with Crippen LogP contribution in [0.3, 0.4) is 0 Å². The van der Waals surface area contributed by atoms with Crippen molar-refractivity contribution in [2.75, 3.05) is 38.5 Å². The van der Waals surface area contributed by atoms with E-state index < -0.39 is 10.0 Å². The molecule has 1 N–H and O–H groups in total. The molecule has 1 aromatic carbocycles. The third-order valence-corrected chi connectivity index (χ3v) is 7.48. The van der Waals surface area contributed by atoms with Gasteiger partial charge in [0.1, 0.15) is 0 Å². The number of aryl methyl sites for hydroxylation is 1. The van der Waals surface area contributed by atoms with E-state index in [2.05, 4.69) is 5.32 Å². The van der Waals surface area contributed by atoms with Crippen molar-refractivity contribution in [3.05, 3.63) is 35.4 Å². The lowest BCUT2D eigenvalue weighted by Crippen LogP contribution is -2.49. The molecule has 6 nitrogen and oxygen atoms in total. The SMILES string of the molecule is Cc1ccc(C(=O)N(CCS(=O)(=O)N2CCNCC2)C2CCCCC2)cc1. The Kier molecular flexibility index (Phi) is 6.89. The Labute approximate surface area is 163 Å². The van der Waals surface area contributed by atoms with Crippen LogP contribution in [0.2, 0.25) is 0 Å². The highest BCUT2D eigenvalue weighted by Gasteiger charge is 2.30. The zero-order valence-electron chi connectivity index (χ0n) is 16.2. The number of sulfonamides is 1. The summed E-state index contributed by atoms with van der Waals surface area (Å²) in [5, 5.41) is 3.18. The van der Waals surface area contributed by atoms with Crippen LogP contribution in [-0.2, 0) is 10.0 Å². The molecule has 1 aliphatic heterocycles. The second kappa shape index (κ2) is 9.17. The molecule has 0 aromatic heterocycles. The molecule has 0 spiro atoms. The lowest BCUT2D eigenvalue weighted by Gasteiger charge is -2.35. The molecule has 1 saturated carbocycles. The molecule has 3 rings (SSSR count). The molecule has 0 radical (unpaired) electrons. The Morgan fingerprint density at radius 3 is 2.37 bits per heavy atom. The monoisotopic (exact) mass is 393 g/mol. The van der Waals surface area contributed by atoms with Gasteiger partial charge in [0.2, 0.25) is 10.0 Å². The maximum absolute atomic E-state index is 13.2.